The van der Waals surface area contributed by atoms with Crippen molar-refractivity contribution in [1.29, 1.82) is 0 Å². The molecule has 3 nitrogen and oxygen atoms in total. The van der Waals surface area contributed by atoms with Gasteiger partial charge in [0.15, 0.2) is 6.10 Å². The zero-order valence-electron chi connectivity index (χ0n) is 14.5. The summed E-state index contributed by atoms with van der Waals surface area (Å²) in [6.45, 7) is 8.31. The summed E-state index contributed by atoms with van der Waals surface area (Å²) < 4.78 is 5.70. The van der Waals surface area contributed by atoms with Gasteiger partial charge in [0.2, 0.25) is 0 Å². The van der Waals surface area contributed by atoms with Crippen LogP contribution in [-0.4, -0.2) is 17.2 Å². The quantitative estimate of drug-likeness (QED) is 0.826. The summed E-state index contributed by atoms with van der Waals surface area (Å²) in [5.41, 5.74) is 3.10. The Bertz CT molecular complexity index is 715. The largest absolute Gasteiger partial charge is 0.478 e. The molecule has 2 aromatic carbocycles. The van der Waals surface area contributed by atoms with Crippen LogP contribution in [0.5, 0.6) is 5.75 Å². The highest BCUT2D eigenvalue weighted by Crippen LogP contribution is 2.25. The van der Waals surface area contributed by atoms with Crippen LogP contribution in [0.3, 0.4) is 0 Å². The van der Waals surface area contributed by atoms with Gasteiger partial charge in [-0.05, 0) is 53.3 Å². The number of hydrogen-bond acceptors (Lipinski definition) is 2. The summed E-state index contributed by atoms with van der Waals surface area (Å²) >= 11 is 5.95. The number of hydrogen-bond donors (Lipinski definition) is 1. The number of carboxylic acid groups (broad SMARTS) is 1. The van der Waals surface area contributed by atoms with Crippen molar-refractivity contribution in [3.05, 3.63) is 64.2 Å². The van der Waals surface area contributed by atoms with Gasteiger partial charge in [0, 0.05) is 11.4 Å². The Kier molecular flexibility index (Phi) is 5.55. The highest BCUT2D eigenvalue weighted by molar-refractivity contribution is 6.30. The molecule has 0 spiro atoms. The first kappa shape index (κ1) is 18.3. The van der Waals surface area contributed by atoms with Crippen LogP contribution in [0.25, 0.3) is 0 Å². The molecule has 0 fully saturated rings. The Morgan fingerprint density at radius 3 is 2.29 bits per heavy atom. The summed E-state index contributed by atoms with van der Waals surface area (Å²) in [6, 6.07) is 13.0. The fourth-order valence-corrected chi connectivity index (χ4v) is 2.69. The molecule has 0 saturated carbocycles. The predicted molar refractivity (Wildman–Crippen MR) is 97.1 cm³/mol. The molecular weight excluding hydrogens is 324 g/mol. The molecule has 4 heteroatoms. The molecule has 1 unspecified atom stereocenters. The van der Waals surface area contributed by atoms with E-state index < -0.39 is 12.1 Å². The van der Waals surface area contributed by atoms with Gasteiger partial charge >= 0.3 is 5.97 Å². The maximum atomic E-state index is 11.6. The number of carboxylic acids is 1. The molecule has 0 bridgehead atoms. The first-order valence-electron chi connectivity index (χ1n) is 7.92. The molecule has 1 N–H and O–H groups in total. The van der Waals surface area contributed by atoms with E-state index in [0.29, 0.717) is 17.2 Å². The van der Waals surface area contributed by atoms with E-state index in [0.717, 1.165) is 11.1 Å². The Morgan fingerprint density at radius 1 is 1.17 bits per heavy atom. The SMILES string of the molecule is Cc1cc(Cl)ccc1CC(Oc1ccc(C(C)(C)C)cc1)C(=O)O. The molecule has 1 atom stereocenters. The van der Waals surface area contributed by atoms with E-state index in [1.165, 1.54) is 5.56 Å². The predicted octanol–water partition coefficient (Wildman–Crippen LogP) is 5.02. The smallest absolute Gasteiger partial charge is 0.345 e. The highest BCUT2D eigenvalue weighted by atomic mass is 35.5. The molecule has 0 aliphatic heterocycles. The number of aliphatic carboxylic acids is 1. The minimum Gasteiger partial charge on any atom is -0.478 e. The first-order chi connectivity index (χ1) is 11.2. The molecule has 0 aliphatic carbocycles. The van der Waals surface area contributed by atoms with Crippen molar-refractivity contribution in [2.45, 2.75) is 45.6 Å². The Balaban J connectivity index is 2.15. The minimum absolute atomic E-state index is 0.0468. The van der Waals surface area contributed by atoms with Crippen LogP contribution in [0, 0.1) is 6.92 Å². The van der Waals surface area contributed by atoms with Gasteiger partial charge in [-0.15, -0.1) is 0 Å². The van der Waals surface area contributed by atoms with Crippen molar-refractivity contribution < 1.29 is 14.6 Å². The van der Waals surface area contributed by atoms with Crippen LogP contribution in [0.2, 0.25) is 5.02 Å². The fraction of sp³-hybridized carbons (Fsp3) is 0.350. The Hall–Kier alpha value is -2.00. The summed E-state index contributed by atoms with van der Waals surface area (Å²) in [4.78, 5) is 11.6. The first-order valence-corrected chi connectivity index (χ1v) is 8.29. The second-order valence-corrected chi connectivity index (χ2v) is 7.43. The maximum Gasteiger partial charge on any atom is 0.345 e. The van der Waals surface area contributed by atoms with Crippen LogP contribution < -0.4 is 4.74 Å². The Labute approximate surface area is 148 Å². The van der Waals surface area contributed by atoms with Gasteiger partial charge in [-0.1, -0.05) is 50.6 Å². The van der Waals surface area contributed by atoms with E-state index in [1.54, 1.807) is 6.07 Å². The molecule has 0 saturated heterocycles. The van der Waals surface area contributed by atoms with E-state index in [-0.39, 0.29) is 5.41 Å². The lowest BCUT2D eigenvalue weighted by molar-refractivity contribution is -0.145. The summed E-state index contributed by atoms with van der Waals surface area (Å²) in [5.74, 6) is -0.425. The van der Waals surface area contributed by atoms with Crippen molar-refractivity contribution in [3.8, 4) is 5.75 Å². The van der Waals surface area contributed by atoms with Crippen molar-refractivity contribution in [1.82, 2.24) is 0 Å². The molecule has 0 aromatic heterocycles. The maximum absolute atomic E-state index is 11.6. The molecule has 0 aliphatic rings. The fourth-order valence-electron chi connectivity index (χ4n) is 2.47. The summed E-state index contributed by atoms with van der Waals surface area (Å²) in [7, 11) is 0. The van der Waals surface area contributed by atoms with E-state index in [4.69, 9.17) is 16.3 Å². The van der Waals surface area contributed by atoms with Crippen LogP contribution in [0.1, 0.15) is 37.5 Å². The van der Waals surface area contributed by atoms with E-state index in [2.05, 4.69) is 20.8 Å². The van der Waals surface area contributed by atoms with Crippen molar-refractivity contribution in [2.75, 3.05) is 0 Å². The number of benzene rings is 2. The van der Waals surface area contributed by atoms with Crippen LogP contribution >= 0.6 is 11.6 Å². The van der Waals surface area contributed by atoms with Crippen LogP contribution in [0.4, 0.5) is 0 Å². The summed E-state index contributed by atoms with van der Waals surface area (Å²) in [6.07, 6.45) is -0.648. The van der Waals surface area contributed by atoms with Gasteiger partial charge in [-0.3, -0.25) is 0 Å². The van der Waals surface area contributed by atoms with Gasteiger partial charge < -0.3 is 9.84 Å². The standard InChI is InChI=1S/C20H23ClO3/c1-13-11-16(21)8-5-14(13)12-18(19(22)23)24-17-9-6-15(7-10-17)20(2,3)4/h5-11,18H,12H2,1-4H3,(H,22,23). The normalized spacial score (nSPS) is 12.7. The van der Waals surface area contributed by atoms with Crippen LogP contribution in [0.15, 0.2) is 42.5 Å². The molecule has 0 radical (unpaired) electrons. The lowest BCUT2D eigenvalue weighted by Gasteiger charge is -2.20. The van der Waals surface area contributed by atoms with Gasteiger partial charge in [-0.25, -0.2) is 4.79 Å². The van der Waals surface area contributed by atoms with Gasteiger partial charge in [0.1, 0.15) is 5.75 Å². The van der Waals surface area contributed by atoms with Crippen LogP contribution in [-0.2, 0) is 16.6 Å². The van der Waals surface area contributed by atoms with Gasteiger partial charge in [0.05, 0.1) is 0 Å². The second-order valence-electron chi connectivity index (χ2n) is 6.99. The number of aryl methyl sites for hydroxylation is 1. The molecule has 0 heterocycles. The van der Waals surface area contributed by atoms with Gasteiger partial charge in [-0.2, -0.15) is 0 Å². The lowest BCUT2D eigenvalue weighted by atomic mass is 9.87. The van der Waals surface area contributed by atoms with Crippen molar-refractivity contribution in [2.24, 2.45) is 0 Å². The third-order valence-corrected chi connectivity index (χ3v) is 4.22. The number of carbonyl (C=O) groups is 1. The second kappa shape index (κ2) is 7.27. The highest BCUT2D eigenvalue weighted by Gasteiger charge is 2.21. The molecule has 128 valence electrons. The average Bonchev–Trinajstić information content (AvgIpc) is 2.48. The number of rotatable bonds is 5. The summed E-state index contributed by atoms with van der Waals surface area (Å²) in [5, 5.41) is 10.1. The Morgan fingerprint density at radius 2 is 1.79 bits per heavy atom. The zero-order chi connectivity index (χ0) is 17.9. The number of halogens is 1. The van der Waals surface area contributed by atoms with E-state index in [9.17, 15) is 9.90 Å². The van der Waals surface area contributed by atoms with Crippen molar-refractivity contribution >= 4 is 17.6 Å². The third kappa shape index (κ3) is 4.75. The minimum atomic E-state index is -0.982. The van der Waals surface area contributed by atoms with E-state index >= 15 is 0 Å². The molecule has 2 rings (SSSR count). The average molecular weight is 347 g/mol. The lowest BCUT2D eigenvalue weighted by Crippen LogP contribution is -2.29. The number of ether oxygens (including phenoxy) is 1. The van der Waals surface area contributed by atoms with Gasteiger partial charge in [0.25, 0.3) is 0 Å². The molecule has 2 aromatic rings. The topological polar surface area (TPSA) is 46.5 Å². The molecule has 0 amide bonds. The third-order valence-electron chi connectivity index (χ3n) is 3.98. The van der Waals surface area contributed by atoms with Crippen molar-refractivity contribution in [3.63, 3.8) is 0 Å². The molecule has 24 heavy (non-hydrogen) atoms. The zero-order valence-corrected chi connectivity index (χ0v) is 15.2. The molecular formula is C20H23ClO3. The monoisotopic (exact) mass is 346 g/mol. The van der Waals surface area contributed by atoms with E-state index in [1.807, 2.05) is 43.3 Å².